The highest BCUT2D eigenvalue weighted by Gasteiger charge is 2.19. The SMILES string of the molecule is O=C(O)c1cc(Cl)cc(-n2cc(CN(Cc3ccc([N+](=O)[O-])cc3)Cc3ccc([N+](=O)[O-])cc3)nn2)c1O. The number of carboxylic acids is 1. The van der Waals surface area contributed by atoms with E-state index in [1.807, 2.05) is 4.90 Å². The molecule has 0 spiro atoms. The number of non-ortho nitro benzene ring substituents is 2. The highest BCUT2D eigenvalue weighted by Crippen LogP contribution is 2.30. The molecule has 0 unspecified atom stereocenters. The van der Waals surface area contributed by atoms with Gasteiger partial charge in [0, 0.05) is 48.9 Å². The number of aromatic carboxylic acids is 1. The second-order valence-corrected chi connectivity index (χ2v) is 8.71. The standard InChI is InChI=1S/C24H19ClN6O7/c25-17-9-21(24(33)34)23(32)22(10-17)29-14-18(26-27-29)13-28(11-15-1-5-19(6-2-15)30(35)36)12-16-3-7-20(8-4-16)31(37)38/h1-10,14,32H,11-13H2,(H,33,34). The summed E-state index contributed by atoms with van der Waals surface area (Å²) in [5.41, 5.74) is 1.59. The predicted molar refractivity (Wildman–Crippen MR) is 134 cm³/mol. The summed E-state index contributed by atoms with van der Waals surface area (Å²) in [5, 5.41) is 49.9. The number of hydrogen-bond acceptors (Lipinski definition) is 9. The molecular formula is C24H19ClN6O7. The van der Waals surface area contributed by atoms with E-state index in [4.69, 9.17) is 11.6 Å². The molecule has 2 N–H and O–H groups in total. The average Bonchev–Trinajstić information content (AvgIpc) is 3.33. The van der Waals surface area contributed by atoms with Gasteiger partial charge in [0.05, 0.1) is 21.7 Å². The quantitative estimate of drug-likeness (QED) is 0.218. The number of nitro groups is 2. The van der Waals surface area contributed by atoms with Gasteiger partial charge in [-0.05, 0) is 23.3 Å². The molecule has 194 valence electrons. The van der Waals surface area contributed by atoms with E-state index in [0.29, 0.717) is 18.8 Å². The number of carboxylic acid groups (broad SMARTS) is 1. The molecule has 1 aromatic heterocycles. The molecule has 0 bridgehead atoms. The van der Waals surface area contributed by atoms with E-state index in [-0.39, 0.29) is 34.2 Å². The minimum absolute atomic E-state index is 0.0333. The number of nitro benzene ring substituents is 2. The van der Waals surface area contributed by atoms with Crippen LogP contribution in [0.3, 0.4) is 0 Å². The van der Waals surface area contributed by atoms with Crippen molar-refractivity contribution in [3.63, 3.8) is 0 Å². The maximum Gasteiger partial charge on any atom is 0.339 e. The smallest absolute Gasteiger partial charge is 0.339 e. The monoisotopic (exact) mass is 538 g/mol. The molecule has 0 radical (unpaired) electrons. The fraction of sp³-hybridized carbons (Fsp3) is 0.125. The number of aromatic nitrogens is 3. The van der Waals surface area contributed by atoms with Crippen molar-refractivity contribution < 1.29 is 24.9 Å². The maximum atomic E-state index is 11.4. The van der Waals surface area contributed by atoms with Crippen LogP contribution in [0.4, 0.5) is 11.4 Å². The molecule has 0 amide bonds. The Morgan fingerprint density at radius 3 is 1.92 bits per heavy atom. The van der Waals surface area contributed by atoms with Crippen LogP contribution in [0.2, 0.25) is 5.02 Å². The lowest BCUT2D eigenvalue weighted by Crippen LogP contribution is -2.22. The minimum atomic E-state index is -1.36. The van der Waals surface area contributed by atoms with E-state index in [2.05, 4.69) is 10.3 Å². The van der Waals surface area contributed by atoms with Gasteiger partial charge in [0.25, 0.3) is 11.4 Å². The van der Waals surface area contributed by atoms with Crippen LogP contribution in [0.5, 0.6) is 5.75 Å². The van der Waals surface area contributed by atoms with Crippen molar-refractivity contribution in [1.29, 1.82) is 0 Å². The fourth-order valence-electron chi connectivity index (χ4n) is 3.77. The Bertz CT molecular complexity index is 1450. The highest BCUT2D eigenvalue weighted by molar-refractivity contribution is 6.31. The van der Waals surface area contributed by atoms with Crippen LogP contribution in [0.25, 0.3) is 5.69 Å². The molecule has 0 aliphatic heterocycles. The van der Waals surface area contributed by atoms with E-state index in [1.54, 1.807) is 24.3 Å². The number of hydrogen-bond donors (Lipinski definition) is 2. The molecule has 3 aromatic carbocycles. The topological polar surface area (TPSA) is 178 Å². The zero-order chi connectivity index (χ0) is 27.4. The molecule has 1 heterocycles. The summed E-state index contributed by atoms with van der Waals surface area (Å²) in [6.07, 6.45) is 1.51. The first-order valence-electron chi connectivity index (χ1n) is 11.0. The fourth-order valence-corrected chi connectivity index (χ4v) is 3.98. The van der Waals surface area contributed by atoms with Gasteiger partial charge in [0.2, 0.25) is 0 Å². The van der Waals surface area contributed by atoms with Crippen molar-refractivity contribution in [3.05, 3.63) is 114 Å². The van der Waals surface area contributed by atoms with E-state index in [9.17, 15) is 35.2 Å². The van der Waals surface area contributed by atoms with E-state index in [1.165, 1.54) is 41.2 Å². The number of benzene rings is 3. The van der Waals surface area contributed by atoms with Crippen molar-refractivity contribution in [3.8, 4) is 11.4 Å². The summed E-state index contributed by atoms with van der Waals surface area (Å²) in [7, 11) is 0. The van der Waals surface area contributed by atoms with Crippen LogP contribution < -0.4 is 0 Å². The van der Waals surface area contributed by atoms with E-state index in [0.717, 1.165) is 17.2 Å². The molecule has 4 rings (SSSR count). The van der Waals surface area contributed by atoms with Crippen molar-refractivity contribution in [2.24, 2.45) is 0 Å². The van der Waals surface area contributed by atoms with Gasteiger partial charge in [-0.2, -0.15) is 0 Å². The van der Waals surface area contributed by atoms with Crippen LogP contribution in [0, 0.1) is 20.2 Å². The minimum Gasteiger partial charge on any atom is -0.505 e. The maximum absolute atomic E-state index is 11.4. The Kier molecular flexibility index (Phi) is 7.60. The van der Waals surface area contributed by atoms with Gasteiger partial charge < -0.3 is 10.2 Å². The zero-order valence-corrected chi connectivity index (χ0v) is 20.2. The van der Waals surface area contributed by atoms with E-state index < -0.39 is 21.6 Å². The second kappa shape index (κ2) is 11.0. The molecular weight excluding hydrogens is 520 g/mol. The first-order chi connectivity index (χ1) is 18.1. The Morgan fingerprint density at radius 2 is 1.45 bits per heavy atom. The first-order valence-corrected chi connectivity index (χ1v) is 11.3. The number of aromatic hydroxyl groups is 1. The highest BCUT2D eigenvalue weighted by atomic mass is 35.5. The molecule has 0 aliphatic carbocycles. The third kappa shape index (κ3) is 6.08. The molecule has 13 nitrogen and oxygen atoms in total. The van der Waals surface area contributed by atoms with Crippen LogP contribution in [-0.4, -0.2) is 45.9 Å². The molecule has 4 aromatic rings. The van der Waals surface area contributed by atoms with Gasteiger partial charge in [0.15, 0.2) is 5.75 Å². The molecule has 0 saturated heterocycles. The third-order valence-electron chi connectivity index (χ3n) is 5.56. The molecule has 0 fully saturated rings. The Labute approximate surface area is 219 Å². The molecule has 0 aliphatic rings. The normalized spacial score (nSPS) is 11.0. The lowest BCUT2D eigenvalue weighted by Gasteiger charge is -2.21. The number of phenols is 1. The Morgan fingerprint density at radius 1 is 0.921 bits per heavy atom. The molecule has 0 atom stereocenters. The van der Waals surface area contributed by atoms with Crippen LogP contribution in [0.15, 0.2) is 66.9 Å². The number of halogens is 1. The van der Waals surface area contributed by atoms with Gasteiger partial charge in [0.1, 0.15) is 11.3 Å². The Balaban J connectivity index is 1.60. The Hall–Kier alpha value is -4.88. The average molecular weight is 539 g/mol. The van der Waals surface area contributed by atoms with Gasteiger partial charge in [-0.25, -0.2) is 9.48 Å². The van der Waals surface area contributed by atoms with Gasteiger partial charge >= 0.3 is 5.97 Å². The van der Waals surface area contributed by atoms with Gasteiger partial charge in [-0.1, -0.05) is 41.1 Å². The number of rotatable bonds is 10. The van der Waals surface area contributed by atoms with Gasteiger partial charge in [-0.3, -0.25) is 25.1 Å². The summed E-state index contributed by atoms with van der Waals surface area (Å²) < 4.78 is 1.21. The summed E-state index contributed by atoms with van der Waals surface area (Å²) >= 11 is 6.02. The lowest BCUT2D eigenvalue weighted by atomic mass is 10.1. The lowest BCUT2D eigenvalue weighted by molar-refractivity contribution is -0.385. The summed E-state index contributed by atoms with van der Waals surface area (Å²) in [6.45, 7) is 0.946. The molecule has 0 saturated carbocycles. The second-order valence-electron chi connectivity index (χ2n) is 8.27. The van der Waals surface area contributed by atoms with Crippen molar-refractivity contribution in [2.45, 2.75) is 19.6 Å². The largest absolute Gasteiger partial charge is 0.505 e. The summed E-state index contributed by atoms with van der Waals surface area (Å²) in [6, 6.07) is 14.6. The van der Waals surface area contributed by atoms with Gasteiger partial charge in [-0.15, -0.1) is 5.10 Å². The number of carbonyl (C=O) groups is 1. The predicted octanol–water partition coefficient (Wildman–Crippen LogP) is 4.34. The van der Waals surface area contributed by atoms with Crippen molar-refractivity contribution in [2.75, 3.05) is 0 Å². The number of nitrogens with zero attached hydrogens (tertiary/aromatic N) is 6. The van der Waals surface area contributed by atoms with Crippen LogP contribution in [0.1, 0.15) is 27.2 Å². The van der Waals surface area contributed by atoms with Crippen LogP contribution in [-0.2, 0) is 19.6 Å². The molecule has 38 heavy (non-hydrogen) atoms. The van der Waals surface area contributed by atoms with Crippen molar-refractivity contribution >= 4 is 28.9 Å². The zero-order valence-electron chi connectivity index (χ0n) is 19.5. The third-order valence-corrected chi connectivity index (χ3v) is 5.78. The summed E-state index contributed by atoms with van der Waals surface area (Å²) in [5.74, 6) is -1.88. The van der Waals surface area contributed by atoms with E-state index >= 15 is 0 Å². The first kappa shape index (κ1) is 26.2. The summed E-state index contributed by atoms with van der Waals surface area (Å²) in [4.78, 5) is 34.4. The van der Waals surface area contributed by atoms with Crippen LogP contribution >= 0.6 is 11.6 Å². The van der Waals surface area contributed by atoms with Crippen molar-refractivity contribution in [1.82, 2.24) is 19.9 Å². The molecule has 14 heteroatoms.